The van der Waals surface area contributed by atoms with Crippen LogP contribution in [0.15, 0.2) is 18.2 Å². The fraction of sp³-hybridized carbons (Fsp3) is 0.562. The third kappa shape index (κ3) is 4.18. The highest BCUT2D eigenvalue weighted by Gasteiger charge is 2.18. The number of anilines is 1. The zero-order chi connectivity index (χ0) is 15.9. The molecule has 1 fully saturated rings. The topological polar surface area (TPSA) is 82.2 Å². The molecule has 6 nitrogen and oxygen atoms in total. The average molecular weight is 302 g/mol. The Morgan fingerprint density at radius 1 is 1.50 bits per heavy atom. The fourth-order valence-electron chi connectivity index (χ4n) is 2.90. The van der Waals surface area contributed by atoms with Gasteiger partial charge in [0.25, 0.3) is 5.69 Å². The van der Waals surface area contributed by atoms with E-state index in [1.165, 1.54) is 25.3 Å². The molecule has 2 rings (SSSR count). The van der Waals surface area contributed by atoms with Gasteiger partial charge >= 0.3 is 0 Å². The van der Waals surface area contributed by atoms with E-state index in [0.717, 1.165) is 19.5 Å². The molecule has 1 aromatic rings. The number of nitriles is 1. The smallest absolute Gasteiger partial charge is 0.293 e. The van der Waals surface area contributed by atoms with E-state index in [1.54, 1.807) is 12.1 Å². The highest BCUT2D eigenvalue weighted by atomic mass is 16.6. The van der Waals surface area contributed by atoms with E-state index >= 15 is 0 Å². The zero-order valence-electron chi connectivity index (χ0n) is 12.9. The number of nitrogens with one attached hydrogen (secondary N) is 1. The first-order valence-electron chi connectivity index (χ1n) is 7.78. The van der Waals surface area contributed by atoms with Gasteiger partial charge in [0, 0.05) is 25.2 Å². The van der Waals surface area contributed by atoms with Crippen LogP contribution in [0.2, 0.25) is 0 Å². The molecule has 0 saturated carbocycles. The molecular weight excluding hydrogens is 280 g/mol. The second kappa shape index (κ2) is 7.76. The van der Waals surface area contributed by atoms with Crippen molar-refractivity contribution in [3.8, 4) is 6.07 Å². The molecule has 1 aliphatic rings. The van der Waals surface area contributed by atoms with Gasteiger partial charge in [0.05, 0.1) is 16.6 Å². The van der Waals surface area contributed by atoms with Gasteiger partial charge in [0.15, 0.2) is 0 Å². The van der Waals surface area contributed by atoms with Crippen molar-refractivity contribution >= 4 is 11.4 Å². The van der Waals surface area contributed by atoms with Crippen molar-refractivity contribution in [1.82, 2.24) is 4.90 Å². The molecule has 0 aliphatic carbocycles. The molecule has 0 spiro atoms. The van der Waals surface area contributed by atoms with Crippen LogP contribution in [-0.4, -0.2) is 35.5 Å². The van der Waals surface area contributed by atoms with Gasteiger partial charge < -0.3 is 10.2 Å². The lowest BCUT2D eigenvalue weighted by Crippen LogP contribution is -2.38. The normalized spacial score (nSPS) is 18.6. The van der Waals surface area contributed by atoms with E-state index in [-0.39, 0.29) is 5.69 Å². The number of nitro groups is 1. The number of benzene rings is 1. The van der Waals surface area contributed by atoms with Gasteiger partial charge in [0.2, 0.25) is 0 Å². The molecular formula is C16H22N4O2. The summed E-state index contributed by atoms with van der Waals surface area (Å²) in [5.41, 5.74) is 0.750. The van der Waals surface area contributed by atoms with E-state index < -0.39 is 4.92 Å². The van der Waals surface area contributed by atoms with Crippen molar-refractivity contribution in [2.24, 2.45) is 0 Å². The highest BCUT2D eigenvalue weighted by Crippen LogP contribution is 2.25. The Hall–Kier alpha value is -2.13. The largest absolute Gasteiger partial charge is 0.379 e. The van der Waals surface area contributed by atoms with Gasteiger partial charge in [-0.2, -0.15) is 5.26 Å². The Morgan fingerprint density at radius 2 is 2.32 bits per heavy atom. The predicted molar refractivity (Wildman–Crippen MR) is 85.8 cm³/mol. The van der Waals surface area contributed by atoms with Crippen LogP contribution in [0, 0.1) is 21.4 Å². The molecule has 6 heteroatoms. The van der Waals surface area contributed by atoms with Crippen molar-refractivity contribution in [1.29, 1.82) is 5.26 Å². The van der Waals surface area contributed by atoms with Crippen LogP contribution >= 0.6 is 0 Å². The summed E-state index contributed by atoms with van der Waals surface area (Å²) in [5.74, 6) is 0. The predicted octanol–water partition coefficient (Wildman–Crippen LogP) is 3.14. The van der Waals surface area contributed by atoms with E-state index in [1.807, 2.05) is 6.07 Å². The number of nitro benzene ring substituents is 1. The van der Waals surface area contributed by atoms with Gasteiger partial charge in [-0.25, -0.2) is 0 Å². The van der Waals surface area contributed by atoms with E-state index in [2.05, 4.69) is 17.1 Å². The summed E-state index contributed by atoms with van der Waals surface area (Å²) in [6, 6.07) is 7.09. The van der Waals surface area contributed by atoms with Gasteiger partial charge in [0.1, 0.15) is 5.69 Å². The number of hydrogen-bond acceptors (Lipinski definition) is 5. The molecule has 1 aliphatic heterocycles. The third-order valence-electron chi connectivity index (χ3n) is 4.20. The first-order valence-corrected chi connectivity index (χ1v) is 7.78. The Labute approximate surface area is 130 Å². The zero-order valence-corrected chi connectivity index (χ0v) is 12.9. The first-order chi connectivity index (χ1) is 10.6. The molecule has 0 amide bonds. The van der Waals surface area contributed by atoms with Crippen molar-refractivity contribution < 1.29 is 4.92 Å². The number of piperidine rings is 1. The minimum atomic E-state index is -0.449. The monoisotopic (exact) mass is 302 g/mol. The molecule has 1 saturated heterocycles. The van der Waals surface area contributed by atoms with Crippen LogP contribution < -0.4 is 5.32 Å². The van der Waals surface area contributed by atoms with Crippen LogP contribution in [0.25, 0.3) is 0 Å². The van der Waals surface area contributed by atoms with E-state index in [9.17, 15) is 10.1 Å². The van der Waals surface area contributed by atoms with Gasteiger partial charge in [-0.15, -0.1) is 0 Å². The summed E-state index contributed by atoms with van der Waals surface area (Å²) in [6.07, 6.45) is 4.78. The molecule has 118 valence electrons. The maximum atomic E-state index is 11.1. The van der Waals surface area contributed by atoms with Crippen LogP contribution in [-0.2, 0) is 0 Å². The van der Waals surface area contributed by atoms with E-state index in [0.29, 0.717) is 23.8 Å². The van der Waals surface area contributed by atoms with Gasteiger partial charge in [-0.1, -0.05) is 6.42 Å². The number of rotatable bonds is 6. The molecule has 22 heavy (non-hydrogen) atoms. The summed E-state index contributed by atoms with van der Waals surface area (Å²) in [7, 11) is 0. The van der Waals surface area contributed by atoms with Crippen LogP contribution in [0.3, 0.4) is 0 Å². The average Bonchev–Trinajstić information content (AvgIpc) is 2.53. The molecule has 0 bridgehead atoms. The maximum absolute atomic E-state index is 11.1. The van der Waals surface area contributed by atoms with Gasteiger partial charge in [-0.05, 0) is 44.9 Å². The summed E-state index contributed by atoms with van der Waals surface area (Å²) < 4.78 is 0. The number of hydrogen-bond donors (Lipinski definition) is 1. The SMILES string of the molecule is CC1CCCCN1CCCNc1ccc(C#N)cc1[N+](=O)[O-]. The molecule has 1 aromatic carbocycles. The van der Waals surface area contributed by atoms with Crippen LogP contribution in [0.4, 0.5) is 11.4 Å². The molecule has 1 atom stereocenters. The number of nitrogens with zero attached hydrogens (tertiary/aromatic N) is 3. The van der Waals surface area contributed by atoms with Crippen LogP contribution in [0.1, 0.15) is 38.2 Å². The second-order valence-electron chi connectivity index (χ2n) is 5.76. The summed E-state index contributed by atoms with van der Waals surface area (Å²) in [4.78, 5) is 13.1. The molecule has 0 radical (unpaired) electrons. The lowest BCUT2D eigenvalue weighted by Gasteiger charge is -2.33. The quantitative estimate of drug-likeness (QED) is 0.496. The minimum Gasteiger partial charge on any atom is -0.379 e. The molecule has 0 aromatic heterocycles. The third-order valence-corrected chi connectivity index (χ3v) is 4.20. The minimum absolute atomic E-state index is 0.0367. The molecule has 1 N–H and O–H groups in total. The maximum Gasteiger partial charge on any atom is 0.293 e. The highest BCUT2D eigenvalue weighted by molar-refractivity contribution is 5.63. The van der Waals surface area contributed by atoms with Crippen molar-refractivity contribution in [2.45, 2.75) is 38.6 Å². The van der Waals surface area contributed by atoms with Gasteiger partial charge in [-0.3, -0.25) is 10.1 Å². The molecule has 1 unspecified atom stereocenters. The Bertz CT molecular complexity index is 568. The van der Waals surface area contributed by atoms with Crippen molar-refractivity contribution in [3.63, 3.8) is 0 Å². The fourth-order valence-corrected chi connectivity index (χ4v) is 2.90. The number of likely N-dealkylation sites (tertiary alicyclic amines) is 1. The first kappa shape index (κ1) is 16.2. The lowest BCUT2D eigenvalue weighted by molar-refractivity contribution is -0.384. The Kier molecular flexibility index (Phi) is 5.73. The summed E-state index contributed by atoms with van der Waals surface area (Å²) in [5, 5.41) is 23.0. The second-order valence-corrected chi connectivity index (χ2v) is 5.76. The summed E-state index contributed by atoms with van der Waals surface area (Å²) >= 11 is 0. The standard InChI is InChI=1S/C16H22N4O2/c1-13-5-2-3-9-19(13)10-4-8-18-15-7-6-14(12-17)11-16(15)20(21)22/h6-7,11,13,18H,2-5,8-10H2,1H3. The van der Waals surface area contributed by atoms with Crippen molar-refractivity contribution in [3.05, 3.63) is 33.9 Å². The summed E-state index contributed by atoms with van der Waals surface area (Å²) in [6.45, 7) is 5.12. The van der Waals surface area contributed by atoms with Crippen LogP contribution in [0.5, 0.6) is 0 Å². The van der Waals surface area contributed by atoms with E-state index in [4.69, 9.17) is 5.26 Å². The lowest BCUT2D eigenvalue weighted by atomic mass is 10.0. The molecule has 1 heterocycles. The van der Waals surface area contributed by atoms with Crippen molar-refractivity contribution in [2.75, 3.05) is 25.0 Å². The Balaban J connectivity index is 1.86. The Morgan fingerprint density at radius 3 is 3.00 bits per heavy atom.